The van der Waals surface area contributed by atoms with E-state index in [4.69, 9.17) is 16.3 Å². The van der Waals surface area contributed by atoms with Crippen LogP contribution in [0.5, 0.6) is 0 Å². The van der Waals surface area contributed by atoms with E-state index >= 15 is 0 Å². The van der Waals surface area contributed by atoms with E-state index in [1.807, 2.05) is 0 Å². The van der Waals surface area contributed by atoms with Crippen LogP contribution in [0.2, 0.25) is 5.02 Å². The SMILES string of the molecule is CCOC(=O)c1ccc(NC(=O)c2ccc(NC(=O)c3ccc(Cl)cc3)cc2)cc1. The zero-order valence-corrected chi connectivity index (χ0v) is 16.9. The van der Waals surface area contributed by atoms with Gasteiger partial charge in [-0.05, 0) is 79.7 Å². The van der Waals surface area contributed by atoms with Crippen molar-refractivity contribution in [2.24, 2.45) is 0 Å². The van der Waals surface area contributed by atoms with Gasteiger partial charge in [-0.2, -0.15) is 0 Å². The van der Waals surface area contributed by atoms with Crippen molar-refractivity contribution in [2.45, 2.75) is 6.92 Å². The van der Waals surface area contributed by atoms with Gasteiger partial charge in [0.1, 0.15) is 0 Å². The quantitative estimate of drug-likeness (QED) is 0.546. The van der Waals surface area contributed by atoms with Gasteiger partial charge in [0.25, 0.3) is 11.8 Å². The fourth-order valence-electron chi connectivity index (χ4n) is 2.62. The van der Waals surface area contributed by atoms with Crippen molar-refractivity contribution in [3.63, 3.8) is 0 Å². The van der Waals surface area contributed by atoms with E-state index in [-0.39, 0.29) is 11.8 Å². The predicted molar refractivity (Wildman–Crippen MR) is 116 cm³/mol. The molecule has 0 aliphatic rings. The van der Waals surface area contributed by atoms with Crippen LogP contribution in [0.1, 0.15) is 38.0 Å². The van der Waals surface area contributed by atoms with Gasteiger partial charge >= 0.3 is 5.97 Å². The van der Waals surface area contributed by atoms with E-state index in [1.165, 1.54) is 0 Å². The molecule has 0 aromatic heterocycles. The minimum absolute atomic E-state index is 0.273. The molecule has 0 atom stereocenters. The average molecular weight is 423 g/mol. The second-order valence-electron chi connectivity index (χ2n) is 6.29. The number of anilines is 2. The fourth-order valence-corrected chi connectivity index (χ4v) is 2.74. The molecule has 0 bridgehead atoms. The van der Waals surface area contributed by atoms with Crippen molar-refractivity contribution in [3.05, 3.63) is 94.5 Å². The van der Waals surface area contributed by atoms with Crippen LogP contribution in [0.3, 0.4) is 0 Å². The number of hydrogen-bond acceptors (Lipinski definition) is 4. The van der Waals surface area contributed by atoms with Gasteiger partial charge in [-0.3, -0.25) is 9.59 Å². The van der Waals surface area contributed by atoms with E-state index in [0.29, 0.717) is 39.7 Å². The lowest BCUT2D eigenvalue weighted by Crippen LogP contribution is -2.14. The maximum absolute atomic E-state index is 12.4. The summed E-state index contributed by atoms with van der Waals surface area (Å²) in [7, 11) is 0. The monoisotopic (exact) mass is 422 g/mol. The maximum Gasteiger partial charge on any atom is 0.338 e. The Morgan fingerprint density at radius 2 is 1.10 bits per heavy atom. The molecule has 0 unspecified atom stereocenters. The summed E-state index contributed by atoms with van der Waals surface area (Å²) in [6, 6.07) is 19.5. The highest BCUT2D eigenvalue weighted by Gasteiger charge is 2.10. The van der Waals surface area contributed by atoms with Crippen LogP contribution in [0.25, 0.3) is 0 Å². The van der Waals surface area contributed by atoms with E-state index in [0.717, 1.165) is 0 Å². The van der Waals surface area contributed by atoms with Crippen molar-refractivity contribution in [3.8, 4) is 0 Å². The van der Waals surface area contributed by atoms with Crippen LogP contribution in [-0.4, -0.2) is 24.4 Å². The summed E-state index contributed by atoms with van der Waals surface area (Å²) in [6.07, 6.45) is 0. The van der Waals surface area contributed by atoms with Crippen LogP contribution in [0.15, 0.2) is 72.8 Å². The van der Waals surface area contributed by atoms with Gasteiger partial charge in [-0.1, -0.05) is 11.6 Å². The Labute approximate surface area is 178 Å². The summed E-state index contributed by atoms with van der Waals surface area (Å²) < 4.78 is 4.93. The number of hydrogen-bond donors (Lipinski definition) is 2. The molecule has 3 rings (SSSR count). The number of nitrogens with one attached hydrogen (secondary N) is 2. The first-order valence-electron chi connectivity index (χ1n) is 9.22. The van der Waals surface area contributed by atoms with Gasteiger partial charge in [0.2, 0.25) is 0 Å². The standard InChI is InChI=1S/C23H19ClN2O4/c1-2-30-23(29)17-7-13-20(14-8-17)26-22(28)16-5-11-19(12-6-16)25-21(27)15-3-9-18(24)10-4-15/h3-14H,2H2,1H3,(H,25,27)(H,26,28). The van der Waals surface area contributed by atoms with Gasteiger partial charge in [0.05, 0.1) is 12.2 Å². The number of benzene rings is 3. The first-order valence-corrected chi connectivity index (χ1v) is 9.59. The summed E-state index contributed by atoms with van der Waals surface area (Å²) in [4.78, 5) is 36.3. The lowest BCUT2D eigenvalue weighted by atomic mass is 10.1. The predicted octanol–water partition coefficient (Wildman–Crippen LogP) is 5.02. The fraction of sp³-hybridized carbons (Fsp3) is 0.0870. The Kier molecular flexibility index (Phi) is 6.83. The third-order valence-electron chi connectivity index (χ3n) is 4.17. The minimum Gasteiger partial charge on any atom is -0.462 e. The lowest BCUT2D eigenvalue weighted by molar-refractivity contribution is 0.0526. The van der Waals surface area contributed by atoms with Crippen LogP contribution in [-0.2, 0) is 4.74 Å². The number of carbonyl (C=O) groups excluding carboxylic acids is 3. The number of rotatable bonds is 6. The Morgan fingerprint density at radius 1 is 0.700 bits per heavy atom. The molecule has 0 heterocycles. The van der Waals surface area contributed by atoms with Crippen LogP contribution < -0.4 is 10.6 Å². The lowest BCUT2D eigenvalue weighted by Gasteiger charge is -2.08. The Morgan fingerprint density at radius 3 is 1.53 bits per heavy atom. The molecule has 30 heavy (non-hydrogen) atoms. The molecule has 152 valence electrons. The summed E-state index contributed by atoms with van der Waals surface area (Å²) in [5, 5.41) is 6.07. The highest BCUT2D eigenvalue weighted by atomic mass is 35.5. The number of ether oxygens (including phenoxy) is 1. The summed E-state index contributed by atoms with van der Waals surface area (Å²) in [5.74, 6) is -0.994. The summed E-state index contributed by atoms with van der Waals surface area (Å²) in [6.45, 7) is 2.04. The van der Waals surface area contributed by atoms with Gasteiger partial charge < -0.3 is 15.4 Å². The molecule has 0 radical (unpaired) electrons. The highest BCUT2D eigenvalue weighted by molar-refractivity contribution is 6.30. The smallest absolute Gasteiger partial charge is 0.338 e. The zero-order chi connectivity index (χ0) is 21.5. The van der Waals surface area contributed by atoms with Crippen molar-refractivity contribution in [1.29, 1.82) is 0 Å². The molecular formula is C23H19ClN2O4. The first kappa shape index (κ1) is 21.1. The van der Waals surface area contributed by atoms with Crippen molar-refractivity contribution < 1.29 is 19.1 Å². The van der Waals surface area contributed by atoms with Crippen molar-refractivity contribution in [2.75, 3.05) is 17.2 Å². The largest absolute Gasteiger partial charge is 0.462 e. The molecule has 3 aromatic carbocycles. The molecule has 7 heteroatoms. The van der Waals surface area contributed by atoms with Crippen LogP contribution in [0.4, 0.5) is 11.4 Å². The number of carbonyl (C=O) groups is 3. The number of halogens is 1. The highest BCUT2D eigenvalue weighted by Crippen LogP contribution is 2.16. The maximum atomic E-state index is 12.4. The zero-order valence-electron chi connectivity index (χ0n) is 16.1. The van der Waals surface area contributed by atoms with Gasteiger partial charge in [0.15, 0.2) is 0 Å². The molecule has 2 amide bonds. The molecule has 6 nitrogen and oxygen atoms in total. The molecular weight excluding hydrogens is 404 g/mol. The number of amides is 2. The average Bonchev–Trinajstić information content (AvgIpc) is 2.75. The molecule has 2 N–H and O–H groups in total. The second kappa shape index (κ2) is 9.71. The molecule has 0 aliphatic heterocycles. The number of esters is 1. The van der Waals surface area contributed by atoms with E-state index in [1.54, 1.807) is 79.7 Å². The topological polar surface area (TPSA) is 84.5 Å². The third kappa shape index (κ3) is 5.46. The molecule has 0 saturated carbocycles. The van der Waals surface area contributed by atoms with Gasteiger partial charge in [-0.25, -0.2) is 4.79 Å². The second-order valence-corrected chi connectivity index (χ2v) is 6.73. The van der Waals surface area contributed by atoms with E-state index in [2.05, 4.69) is 10.6 Å². The molecule has 0 fully saturated rings. The minimum atomic E-state index is -0.411. The van der Waals surface area contributed by atoms with E-state index < -0.39 is 5.97 Å². The Balaban J connectivity index is 1.60. The molecule has 3 aromatic rings. The van der Waals surface area contributed by atoms with Crippen molar-refractivity contribution in [1.82, 2.24) is 0 Å². The van der Waals surface area contributed by atoms with Gasteiger partial charge in [0, 0.05) is 27.5 Å². The summed E-state index contributed by atoms with van der Waals surface area (Å²) >= 11 is 5.83. The van der Waals surface area contributed by atoms with Crippen LogP contribution in [0, 0.1) is 0 Å². The third-order valence-corrected chi connectivity index (χ3v) is 4.42. The van der Waals surface area contributed by atoms with Gasteiger partial charge in [-0.15, -0.1) is 0 Å². The molecule has 0 spiro atoms. The summed E-state index contributed by atoms with van der Waals surface area (Å²) in [5.41, 5.74) is 2.43. The first-order chi connectivity index (χ1) is 14.5. The van der Waals surface area contributed by atoms with Crippen molar-refractivity contribution >= 4 is 40.8 Å². The molecule has 0 saturated heterocycles. The Bertz CT molecular complexity index is 1050. The Hall–Kier alpha value is -3.64. The van der Waals surface area contributed by atoms with E-state index in [9.17, 15) is 14.4 Å². The van der Waals surface area contributed by atoms with Crippen LogP contribution >= 0.6 is 11.6 Å². The normalized spacial score (nSPS) is 10.2. The molecule has 0 aliphatic carbocycles.